The zero-order valence-corrected chi connectivity index (χ0v) is 25.4. The molecule has 0 radical (unpaired) electrons. The second-order valence-electron chi connectivity index (χ2n) is 10.7. The number of pyridine rings is 1. The molecule has 14 heteroatoms. The normalized spacial score (nSPS) is 15.8. The number of alkyl halides is 3. The third kappa shape index (κ3) is 5.81. The van der Waals surface area contributed by atoms with Crippen LogP contribution < -0.4 is 10.6 Å². The molecule has 9 nitrogen and oxygen atoms in total. The highest BCUT2D eigenvalue weighted by Crippen LogP contribution is 2.39. The van der Waals surface area contributed by atoms with E-state index in [4.69, 9.17) is 0 Å². The van der Waals surface area contributed by atoms with Crippen LogP contribution >= 0.6 is 0 Å². The fourth-order valence-corrected chi connectivity index (χ4v) is 6.56. The van der Waals surface area contributed by atoms with E-state index in [1.165, 1.54) is 24.3 Å². The van der Waals surface area contributed by atoms with E-state index in [0.29, 0.717) is 5.56 Å². The number of piperazine rings is 1. The maximum atomic E-state index is 16.0. The Kier molecular flexibility index (Phi) is 8.29. The van der Waals surface area contributed by atoms with Crippen molar-refractivity contribution in [2.45, 2.75) is 37.4 Å². The summed E-state index contributed by atoms with van der Waals surface area (Å²) in [6, 6.07) is 9.31. The molecule has 2 aromatic heterocycles. The fraction of sp³-hybridized carbons (Fsp3) is 0.290. The minimum Gasteiger partial charge on any atom is -0.350 e. The number of sulfone groups is 1. The first kappa shape index (κ1) is 31.8. The average molecular weight is 644 g/mol. The Morgan fingerprint density at radius 3 is 2.44 bits per heavy atom. The second kappa shape index (κ2) is 11.7. The molecule has 1 aliphatic heterocycles. The summed E-state index contributed by atoms with van der Waals surface area (Å²) in [6.07, 6.45) is -2.43. The summed E-state index contributed by atoms with van der Waals surface area (Å²) in [5.74, 6) is -1.39. The Labute approximate surface area is 256 Å². The van der Waals surface area contributed by atoms with E-state index in [-0.39, 0.29) is 59.4 Å². The van der Waals surface area contributed by atoms with Crippen LogP contribution in [0.25, 0.3) is 28.0 Å². The maximum Gasteiger partial charge on any atom is 0.417 e. The molecule has 3 heterocycles. The van der Waals surface area contributed by atoms with Gasteiger partial charge in [-0.2, -0.15) is 18.2 Å². The third-order valence-corrected chi connectivity index (χ3v) is 8.89. The van der Waals surface area contributed by atoms with E-state index in [2.05, 4.69) is 16.5 Å². The molecule has 1 atom stereocenters. The SMILES string of the molecule is C=CC(=O)N1CCN(c2nc(=O)n(-c3c(CC)cccc3S(C)(=O)=O)c3nc(-c4ccccc4C(F)(F)F)c(F)cc23)[C@@H](C)C1. The van der Waals surface area contributed by atoms with Crippen LogP contribution in [0.2, 0.25) is 0 Å². The molecule has 0 N–H and O–H groups in total. The van der Waals surface area contributed by atoms with Crippen LogP contribution in [0.1, 0.15) is 25.0 Å². The lowest BCUT2D eigenvalue weighted by molar-refractivity contribution is -0.137. The van der Waals surface area contributed by atoms with Crippen LogP contribution in [0, 0.1) is 5.82 Å². The second-order valence-corrected chi connectivity index (χ2v) is 12.7. The number of aryl methyl sites for hydroxylation is 1. The summed E-state index contributed by atoms with van der Waals surface area (Å²) in [6.45, 7) is 7.66. The number of carbonyl (C=O) groups is 1. The number of hydrogen-bond acceptors (Lipinski definition) is 7. The molecule has 0 aliphatic carbocycles. The number of aromatic nitrogens is 3. The number of hydrogen-bond donors (Lipinski definition) is 0. The molecule has 4 aromatic rings. The Hall–Kier alpha value is -4.59. The highest BCUT2D eigenvalue weighted by Gasteiger charge is 2.35. The fourth-order valence-electron chi connectivity index (χ4n) is 5.66. The summed E-state index contributed by atoms with van der Waals surface area (Å²) in [4.78, 5) is 37.8. The molecule has 1 fully saturated rings. The van der Waals surface area contributed by atoms with Crippen LogP contribution in [0.15, 0.2) is 70.9 Å². The predicted molar refractivity (Wildman–Crippen MR) is 162 cm³/mol. The van der Waals surface area contributed by atoms with Gasteiger partial charge in [0.15, 0.2) is 15.5 Å². The largest absolute Gasteiger partial charge is 0.417 e. The van der Waals surface area contributed by atoms with Crippen molar-refractivity contribution in [3.63, 3.8) is 0 Å². The molecule has 1 amide bonds. The van der Waals surface area contributed by atoms with Crippen LogP contribution in [-0.4, -0.2) is 65.7 Å². The van der Waals surface area contributed by atoms with Gasteiger partial charge in [0.25, 0.3) is 0 Å². The van der Waals surface area contributed by atoms with Crippen molar-refractivity contribution >= 4 is 32.6 Å². The van der Waals surface area contributed by atoms with E-state index in [1.807, 2.05) is 0 Å². The molecular weight excluding hydrogens is 614 g/mol. The maximum absolute atomic E-state index is 16.0. The van der Waals surface area contributed by atoms with Crippen molar-refractivity contribution in [2.24, 2.45) is 0 Å². The van der Waals surface area contributed by atoms with Gasteiger partial charge in [0.1, 0.15) is 17.3 Å². The predicted octanol–water partition coefficient (Wildman–Crippen LogP) is 4.79. The summed E-state index contributed by atoms with van der Waals surface area (Å²) >= 11 is 0. The van der Waals surface area contributed by atoms with Crippen LogP contribution in [0.3, 0.4) is 0 Å². The molecule has 0 saturated carbocycles. The van der Waals surface area contributed by atoms with Crippen LogP contribution in [-0.2, 0) is 27.2 Å². The number of anilines is 1. The third-order valence-electron chi connectivity index (χ3n) is 7.76. The van der Waals surface area contributed by atoms with Crippen LogP contribution in [0.4, 0.5) is 23.4 Å². The quantitative estimate of drug-likeness (QED) is 0.220. The topological polar surface area (TPSA) is 105 Å². The lowest BCUT2D eigenvalue weighted by Gasteiger charge is -2.40. The molecule has 0 unspecified atom stereocenters. The summed E-state index contributed by atoms with van der Waals surface area (Å²) in [7, 11) is -3.95. The minimum absolute atomic E-state index is 0.00129. The number of nitrogens with zero attached hydrogens (tertiary/aromatic N) is 5. The Balaban J connectivity index is 1.88. The average Bonchev–Trinajstić information content (AvgIpc) is 2.99. The molecule has 1 aliphatic rings. The number of carbonyl (C=O) groups excluding carboxylic acids is 1. The van der Waals surface area contributed by atoms with Gasteiger partial charge < -0.3 is 9.80 Å². The first-order valence-corrected chi connectivity index (χ1v) is 15.9. The molecular formula is C31H29F4N5O4S. The molecule has 5 rings (SSSR count). The van der Waals surface area contributed by atoms with Gasteiger partial charge in [0.2, 0.25) is 5.91 Å². The van der Waals surface area contributed by atoms with Gasteiger partial charge in [-0.05, 0) is 43.2 Å². The van der Waals surface area contributed by atoms with Gasteiger partial charge in [-0.25, -0.2) is 27.2 Å². The van der Waals surface area contributed by atoms with Gasteiger partial charge in [-0.15, -0.1) is 0 Å². The lowest BCUT2D eigenvalue weighted by atomic mass is 10.0. The van der Waals surface area contributed by atoms with Gasteiger partial charge in [-0.3, -0.25) is 4.79 Å². The minimum atomic E-state index is -4.85. The Morgan fingerprint density at radius 2 is 1.82 bits per heavy atom. The van der Waals surface area contributed by atoms with E-state index in [1.54, 1.807) is 29.7 Å². The highest BCUT2D eigenvalue weighted by atomic mass is 32.2. The molecule has 0 spiro atoms. The van der Waals surface area contributed by atoms with Crippen molar-refractivity contribution < 1.29 is 30.8 Å². The van der Waals surface area contributed by atoms with Gasteiger partial charge in [0.05, 0.1) is 21.5 Å². The molecule has 45 heavy (non-hydrogen) atoms. The van der Waals surface area contributed by atoms with Gasteiger partial charge in [0, 0.05) is 37.5 Å². The Morgan fingerprint density at radius 1 is 1.11 bits per heavy atom. The standard InChI is InChI=1S/C31H29F4N5O4S/c1-5-19-10-9-13-24(45(4,43)44)27(19)40-29-21(16-23(32)26(36-29)20-11-7-8-12-22(20)31(33,34)35)28(37-30(40)42)39-15-14-38(17-18(39)3)25(41)6-2/h6-13,16,18H,2,5,14-15,17H2,1,3-4H3/t18-/m0/s1. The van der Waals surface area contributed by atoms with Crippen molar-refractivity contribution in [2.75, 3.05) is 30.8 Å². The van der Waals surface area contributed by atoms with Crippen molar-refractivity contribution in [1.82, 2.24) is 19.4 Å². The zero-order valence-electron chi connectivity index (χ0n) is 24.6. The summed E-state index contributed by atoms with van der Waals surface area (Å²) < 4.78 is 84.8. The van der Waals surface area contributed by atoms with Gasteiger partial charge >= 0.3 is 11.9 Å². The number of rotatable bonds is 6. The number of amides is 1. The number of fused-ring (bicyclic) bond motifs is 1. The van der Waals surface area contributed by atoms with E-state index >= 15 is 4.39 Å². The Bertz CT molecular complexity index is 2010. The van der Waals surface area contributed by atoms with E-state index in [0.717, 1.165) is 35.1 Å². The molecule has 2 aromatic carbocycles. The highest BCUT2D eigenvalue weighted by molar-refractivity contribution is 7.90. The van der Waals surface area contributed by atoms with E-state index < -0.39 is 50.4 Å². The number of benzene rings is 2. The van der Waals surface area contributed by atoms with Crippen molar-refractivity contribution in [1.29, 1.82) is 0 Å². The van der Waals surface area contributed by atoms with E-state index in [9.17, 15) is 31.2 Å². The first-order valence-electron chi connectivity index (χ1n) is 14.0. The smallest absolute Gasteiger partial charge is 0.350 e. The monoisotopic (exact) mass is 643 g/mol. The molecule has 236 valence electrons. The van der Waals surface area contributed by atoms with Gasteiger partial charge in [-0.1, -0.05) is 43.8 Å². The number of para-hydroxylation sites is 1. The molecule has 1 saturated heterocycles. The lowest BCUT2D eigenvalue weighted by Crippen LogP contribution is -2.54. The van der Waals surface area contributed by atoms with Crippen molar-refractivity contribution in [3.8, 4) is 16.9 Å². The summed E-state index contributed by atoms with van der Waals surface area (Å²) in [5, 5.41) is -0.0268. The summed E-state index contributed by atoms with van der Waals surface area (Å²) in [5.41, 5.74) is -3.26. The number of halogens is 4. The molecule has 0 bridgehead atoms. The van der Waals surface area contributed by atoms with Crippen LogP contribution in [0.5, 0.6) is 0 Å². The zero-order chi connectivity index (χ0) is 32.8. The first-order chi connectivity index (χ1) is 21.2. The van der Waals surface area contributed by atoms with Crippen molar-refractivity contribution in [3.05, 3.63) is 88.6 Å².